The Hall–Kier alpha value is -3.84. The first-order valence-corrected chi connectivity index (χ1v) is 10.6. The molecule has 6 nitrogen and oxygen atoms in total. The second kappa shape index (κ2) is 10.2. The molecule has 0 aliphatic carbocycles. The predicted octanol–water partition coefficient (Wildman–Crippen LogP) is 4.68. The number of aromatic nitrogens is 1. The van der Waals surface area contributed by atoms with Gasteiger partial charge in [0.1, 0.15) is 18.5 Å². The van der Waals surface area contributed by atoms with Crippen LogP contribution >= 0.6 is 0 Å². The fourth-order valence-electron chi connectivity index (χ4n) is 3.72. The van der Waals surface area contributed by atoms with Gasteiger partial charge < -0.3 is 24.9 Å². The van der Waals surface area contributed by atoms with Crippen LogP contribution < -0.4 is 14.8 Å². The van der Waals surface area contributed by atoms with Gasteiger partial charge in [-0.05, 0) is 35.4 Å². The quantitative estimate of drug-likeness (QED) is 0.328. The van der Waals surface area contributed by atoms with Crippen LogP contribution in [-0.4, -0.2) is 29.2 Å². The van der Waals surface area contributed by atoms with E-state index >= 15 is 0 Å². The van der Waals surface area contributed by atoms with Crippen molar-refractivity contribution in [2.24, 2.45) is 0 Å². The Kier molecular flexibility index (Phi) is 6.90. The molecule has 0 spiro atoms. The standard InChI is InChI=1S/C26H25FN2O4/c1-32-25-12-17(10-11-24(25)33-16-18-6-2-4-8-21(18)27)14-28-23(26(30)31)13-19-15-29-22-9-5-3-7-20(19)22/h2-12,15,23,28-29H,13-14,16H2,1H3,(H,30,31)/t23-/m1/s1. The molecule has 0 amide bonds. The second-order valence-electron chi connectivity index (χ2n) is 7.70. The van der Waals surface area contributed by atoms with Crippen molar-refractivity contribution >= 4 is 16.9 Å². The zero-order valence-electron chi connectivity index (χ0n) is 18.2. The van der Waals surface area contributed by atoms with Gasteiger partial charge in [0, 0.05) is 35.6 Å². The summed E-state index contributed by atoms with van der Waals surface area (Å²) in [5.74, 6) is -0.267. The van der Waals surface area contributed by atoms with E-state index in [1.165, 1.54) is 13.2 Å². The maximum absolute atomic E-state index is 13.8. The third kappa shape index (κ3) is 5.32. The molecular formula is C26H25FN2O4. The molecule has 3 N–H and O–H groups in total. The minimum absolute atomic E-state index is 0.0757. The number of carboxylic acid groups (broad SMARTS) is 1. The molecule has 4 aromatic rings. The normalized spacial score (nSPS) is 11.9. The van der Waals surface area contributed by atoms with E-state index in [9.17, 15) is 14.3 Å². The molecule has 1 atom stereocenters. The molecule has 1 aromatic heterocycles. The van der Waals surface area contributed by atoms with Gasteiger partial charge in [-0.15, -0.1) is 0 Å². The van der Waals surface area contributed by atoms with Crippen LogP contribution in [0.25, 0.3) is 10.9 Å². The highest BCUT2D eigenvalue weighted by Crippen LogP contribution is 2.29. The number of methoxy groups -OCH3 is 1. The van der Waals surface area contributed by atoms with E-state index in [0.717, 1.165) is 22.0 Å². The number of benzene rings is 3. The monoisotopic (exact) mass is 448 g/mol. The first kappa shape index (κ1) is 22.4. The first-order chi connectivity index (χ1) is 16.0. The molecular weight excluding hydrogens is 423 g/mol. The summed E-state index contributed by atoms with van der Waals surface area (Å²) in [6.07, 6.45) is 2.20. The van der Waals surface area contributed by atoms with E-state index in [-0.39, 0.29) is 12.4 Å². The van der Waals surface area contributed by atoms with Gasteiger partial charge in [-0.3, -0.25) is 4.79 Å². The molecule has 0 saturated carbocycles. The molecule has 7 heteroatoms. The minimum Gasteiger partial charge on any atom is -0.493 e. The number of para-hydroxylation sites is 1. The van der Waals surface area contributed by atoms with E-state index in [0.29, 0.717) is 30.0 Å². The summed E-state index contributed by atoms with van der Waals surface area (Å²) in [6.45, 7) is 0.412. The maximum Gasteiger partial charge on any atom is 0.321 e. The van der Waals surface area contributed by atoms with Crippen LogP contribution in [0.4, 0.5) is 4.39 Å². The lowest BCUT2D eigenvalue weighted by atomic mass is 10.0. The van der Waals surface area contributed by atoms with Crippen LogP contribution in [0.15, 0.2) is 72.9 Å². The number of H-pyrrole nitrogens is 1. The molecule has 4 rings (SSSR count). The summed E-state index contributed by atoms with van der Waals surface area (Å²) in [6, 6.07) is 18.9. The van der Waals surface area contributed by atoms with Gasteiger partial charge >= 0.3 is 5.97 Å². The number of aromatic amines is 1. The van der Waals surface area contributed by atoms with E-state index < -0.39 is 12.0 Å². The zero-order valence-corrected chi connectivity index (χ0v) is 18.2. The number of aliphatic carboxylic acids is 1. The fourth-order valence-corrected chi connectivity index (χ4v) is 3.72. The van der Waals surface area contributed by atoms with Gasteiger partial charge in [0.25, 0.3) is 0 Å². The fraction of sp³-hybridized carbons (Fsp3) is 0.192. The van der Waals surface area contributed by atoms with Crippen LogP contribution in [0.5, 0.6) is 11.5 Å². The van der Waals surface area contributed by atoms with E-state index in [1.807, 2.05) is 36.5 Å². The van der Waals surface area contributed by atoms with Crippen LogP contribution in [0, 0.1) is 5.82 Å². The Morgan fingerprint density at radius 3 is 2.64 bits per heavy atom. The Morgan fingerprint density at radius 1 is 1.06 bits per heavy atom. The van der Waals surface area contributed by atoms with Crippen LogP contribution in [0.1, 0.15) is 16.7 Å². The molecule has 0 fully saturated rings. The summed E-state index contributed by atoms with van der Waals surface area (Å²) in [7, 11) is 1.53. The van der Waals surface area contributed by atoms with Gasteiger partial charge in [-0.1, -0.05) is 42.5 Å². The molecule has 0 aliphatic rings. The minimum atomic E-state index is -0.919. The number of nitrogens with one attached hydrogen (secondary N) is 2. The average molecular weight is 448 g/mol. The van der Waals surface area contributed by atoms with Gasteiger partial charge in [0.2, 0.25) is 0 Å². The Morgan fingerprint density at radius 2 is 1.85 bits per heavy atom. The van der Waals surface area contributed by atoms with Crippen LogP contribution in [0.2, 0.25) is 0 Å². The number of carbonyl (C=O) groups is 1. The lowest BCUT2D eigenvalue weighted by molar-refractivity contribution is -0.139. The molecule has 0 saturated heterocycles. The average Bonchev–Trinajstić information content (AvgIpc) is 3.24. The highest BCUT2D eigenvalue weighted by molar-refractivity contribution is 5.84. The van der Waals surface area contributed by atoms with Crippen LogP contribution in [-0.2, 0) is 24.4 Å². The van der Waals surface area contributed by atoms with Gasteiger partial charge in [-0.25, -0.2) is 4.39 Å². The number of ether oxygens (including phenoxy) is 2. The summed E-state index contributed by atoms with van der Waals surface area (Å²) in [4.78, 5) is 15.0. The Labute approximate surface area is 191 Å². The van der Waals surface area contributed by atoms with Crippen molar-refractivity contribution in [3.8, 4) is 11.5 Å². The third-order valence-electron chi connectivity index (χ3n) is 5.52. The summed E-state index contributed by atoms with van der Waals surface area (Å²) in [5, 5.41) is 13.9. The Bertz CT molecular complexity index is 1250. The Balaban J connectivity index is 1.42. The van der Waals surface area contributed by atoms with Gasteiger partial charge in [0.15, 0.2) is 11.5 Å². The van der Waals surface area contributed by atoms with Crippen molar-refractivity contribution < 1.29 is 23.8 Å². The number of hydrogen-bond donors (Lipinski definition) is 3. The highest BCUT2D eigenvalue weighted by atomic mass is 19.1. The predicted molar refractivity (Wildman–Crippen MR) is 124 cm³/mol. The van der Waals surface area contributed by atoms with Crippen molar-refractivity contribution in [1.29, 1.82) is 0 Å². The molecule has 0 bridgehead atoms. The number of hydrogen-bond acceptors (Lipinski definition) is 4. The molecule has 1 heterocycles. The third-order valence-corrected chi connectivity index (χ3v) is 5.52. The molecule has 0 unspecified atom stereocenters. The number of halogens is 1. The molecule has 0 radical (unpaired) electrons. The lowest BCUT2D eigenvalue weighted by Crippen LogP contribution is -2.38. The van der Waals surface area contributed by atoms with Crippen molar-refractivity contribution in [2.45, 2.75) is 25.6 Å². The summed E-state index contributed by atoms with van der Waals surface area (Å²) < 4.78 is 25.0. The van der Waals surface area contributed by atoms with Gasteiger partial charge in [0.05, 0.1) is 7.11 Å². The van der Waals surface area contributed by atoms with E-state index in [2.05, 4.69) is 10.3 Å². The first-order valence-electron chi connectivity index (χ1n) is 10.6. The highest BCUT2D eigenvalue weighted by Gasteiger charge is 2.19. The van der Waals surface area contributed by atoms with Gasteiger partial charge in [-0.2, -0.15) is 0 Å². The van der Waals surface area contributed by atoms with Crippen molar-refractivity contribution in [3.63, 3.8) is 0 Å². The molecule has 0 aliphatic heterocycles. The van der Waals surface area contributed by atoms with Crippen molar-refractivity contribution in [1.82, 2.24) is 10.3 Å². The number of fused-ring (bicyclic) bond motifs is 1. The smallest absolute Gasteiger partial charge is 0.321 e. The zero-order chi connectivity index (χ0) is 23.2. The molecule has 3 aromatic carbocycles. The summed E-state index contributed by atoms with van der Waals surface area (Å²) >= 11 is 0. The van der Waals surface area contributed by atoms with Crippen molar-refractivity contribution in [3.05, 3.63) is 95.4 Å². The topological polar surface area (TPSA) is 83.6 Å². The lowest BCUT2D eigenvalue weighted by Gasteiger charge is -2.16. The largest absolute Gasteiger partial charge is 0.493 e. The van der Waals surface area contributed by atoms with Crippen LogP contribution in [0.3, 0.4) is 0 Å². The molecule has 33 heavy (non-hydrogen) atoms. The second-order valence-corrected chi connectivity index (χ2v) is 7.70. The molecule has 170 valence electrons. The number of carboxylic acids is 1. The maximum atomic E-state index is 13.8. The van der Waals surface area contributed by atoms with E-state index in [1.54, 1.807) is 30.3 Å². The SMILES string of the molecule is COc1cc(CN[C@H](Cc2c[nH]c3ccccc23)C(=O)O)ccc1OCc1ccccc1F. The number of rotatable bonds is 10. The van der Waals surface area contributed by atoms with Crippen molar-refractivity contribution in [2.75, 3.05) is 7.11 Å². The summed E-state index contributed by atoms with van der Waals surface area (Å²) in [5.41, 5.74) is 3.22. The van der Waals surface area contributed by atoms with E-state index in [4.69, 9.17) is 9.47 Å².